The fraction of sp³-hybridized carbons (Fsp3) is 0.714. The summed E-state index contributed by atoms with van der Waals surface area (Å²) in [5, 5.41) is 8.60. The molecule has 0 aliphatic heterocycles. The molecular formula is C7H12O3S. The number of ether oxygens (including phenoxy) is 1. The van der Waals surface area contributed by atoms with E-state index in [1.807, 2.05) is 0 Å². The third-order valence-corrected chi connectivity index (χ3v) is 1.45. The lowest BCUT2D eigenvalue weighted by Crippen LogP contribution is -2.00. The van der Waals surface area contributed by atoms with Crippen molar-refractivity contribution in [2.24, 2.45) is 0 Å². The van der Waals surface area contributed by atoms with Crippen LogP contribution < -0.4 is 0 Å². The highest BCUT2D eigenvalue weighted by Crippen LogP contribution is 2.01. The maximum absolute atomic E-state index is 10.5. The second-order valence-electron chi connectivity index (χ2n) is 2.18. The van der Waals surface area contributed by atoms with E-state index in [4.69, 9.17) is 5.11 Å². The molecule has 0 saturated heterocycles. The molecule has 0 aliphatic carbocycles. The van der Waals surface area contributed by atoms with E-state index in [1.54, 1.807) is 0 Å². The summed E-state index contributed by atoms with van der Waals surface area (Å²) in [6.45, 7) is 0. The van der Waals surface area contributed by atoms with Crippen LogP contribution in [0.4, 0.5) is 0 Å². The predicted molar refractivity (Wildman–Crippen MR) is 45.7 cm³/mol. The first-order valence-corrected chi connectivity index (χ1v) is 3.86. The van der Waals surface area contributed by atoms with Crippen molar-refractivity contribution in [3.63, 3.8) is 0 Å². The second kappa shape index (κ2) is 6.09. The number of hydrogen-bond donors (Lipinski definition) is 1. The number of hydrogen-bond acceptors (Lipinski definition) is 3. The van der Waals surface area contributed by atoms with Crippen LogP contribution >= 0.6 is 12.2 Å². The fourth-order valence-electron chi connectivity index (χ4n) is 0.648. The number of thiocarbonyl (C=S) groups is 1. The number of aliphatic hydroxyl groups excluding tert-OH is 1. The summed E-state index contributed by atoms with van der Waals surface area (Å²) >= 11 is 4.44. The summed E-state index contributed by atoms with van der Waals surface area (Å²) in [6, 6.07) is 0. The van der Waals surface area contributed by atoms with Crippen LogP contribution in [0.1, 0.15) is 25.7 Å². The summed E-state index contributed by atoms with van der Waals surface area (Å²) in [5.41, 5.74) is 0. The lowest BCUT2D eigenvalue weighted by atomic mass is 10.2. The summed E-state index contributed by atoms with van der Waals surface area (Å²) in [7, 11) is 1.36. The van der Waals surface area contributed by atoms with Gasteiger partial charge in [-0.2, -0.15) is 0 Å². The third kappa shape index (κ3) is 7.25. The van der Waals surface area contributed by atoms with Gasteiger partial charge in [0.1, 0.15) is 0 Å². The van der Waals surface area contributed by atoms with E-state index >= 15 is 0 Å². The molecule has 4 heteroatoms. The van der Waals surface area contributed by atoms with Crippen molar-refractivity contribution < 1.29 is 14.6 Å². The number of esters is 1. The normalized spacial score (nSPS) is 9.18. The minimum Gasteiger partial charge on any atom is -0.502 e. The average molecular weight is 176 g/mol. The molecule has 0 unspecified atom stereocenters. The van der Waals surface area contributed by atoms with Gasteiger partial charge in [0, 0.05) is 12.8 Å². The first kappa shape index (κ1) is 10.4. The summed E-state index contributed by atoms with van der Waals surface area (Å²) in [5.74, 6) is -0.214. The lowest BCUT2D eigenvalue weighted by Gasteiger charge is -1.97. The largest absolute Gasteiger partial charge is 0.502 e. The molecule has 1 N–H and O–H groups in total. The monoisotopic (exact) mass is 176 g/mol. The Labute approximate surface area is 71.4 Å². The minimum atomic E-state index is -0.214. The highest BCUT2D eigenvalue weighted by molar-refractivity contribution is 7.80. The Kier molecular flexibility index (Phi) is 5.74. The summed E-state index contributed by atoms with van der Waals surface area (Å²) in [4.78, 5) is 10.5. The average Bonchev–Trinajstić information content (AvgIpc) is 1.97. The van der Waals surface area contributed by atoms with Crippen molar-refractivity contribution in [2.75, 3.05) is 7.11 Å². The molecule has 0 amide bonds. The molecule has 0 rings (SSSR count). The predicted octanol–water partition coefficient (Wildman–Crippen LogP) is 1.61. The van der Waals surface area contributed by atoms with Gasteiger partial charge in [-0.3, -0.25) is 4.79 Å². The Bertz CT molecular complexity index is 145. The SMILES string of the molecule is COC(=O)CCCCC(O)=S. The topological polar surface area (TPSA) is 46.5 Å². The van der Waals surface area contributed by atoms with Gasteiger partial charge in [-0.25, -0.2) is 0 Å². The molecular weight excluding hydrogens is 164 g/mol. The lowest BCUT2D eigenvalue weighted by molar-refractivity contribution is -0.140. The fourth-order valence-corrected chi connectivity index (χ4v) is 0.792. The molecule has 0 aromatic rings. The Balaban J connectivity index is 3.14. The highest BCUT2D eigenvalue weighted by Gasteiger charge is 1.99. The molecule has 0 heterocycles. The number of methoxy groups -OCH3 is 1. The van der Waals surface area contributed by atoms with Crippen molar-refractivity contribution >= 4 is 23.2 Å². The minimum absolute atomic E-state index is 0.00914. The van der Waals surface area contributed by atoms with Crippen LogP contribution in [0.15, 0.2) is 0 Å². The first-order chi connectivity index (χ1) is 5.16. The number of aliphatic hydroxyl groups is 1. The molecule has 0 radical (unpaired) electrons. The van der Waals surface area contributed by atoms with Gasteiger partial charge in [-0.05, 0) is 25.1 Å². The zero-order valence-corrected chi connectivity index (χ0v) is 7.32. The standard InChI is InChI=1S/C7H12O3S/c1-10-6(8)4-2-3-5-7(9)11/h2-5H2,1H3,(H,9,11). The molecule has 0 aromatic carbocycles. The van der Waals surface area contributed by atoms with Gasteiger partial charge < -0.3 is 9.84 Å². The quantitative estimate of drug-likeness (QED) is 0.392. The number of unbranched alkanes of at least 4 members (excludes halogenated alkanes) is 1. The van der Waals surface area contributed by atoms with Gasteiger partial charge in [0.2, 0.25) is 0 Å². The second-order valence-corrected chi connectivity index (χ2v) is 2.65. The maximum atomic E-state index is 10.5. The highest BCUT2D eigenvalue weighted by atomic mass is 32.1. The van der Waals surface area contributed by atoms with E-state index in [0.29, 0.717) is 19.3 Å². The smallest absolute Gasteiger partial charge is 0.305 e. The zero-order chi connectivity index (χ0) is 8.69. The van der Waals surface area contributed by atoms with Gasteiger partial charge in [0.25, 0.3) is 0 Å². The van der Waals surface area contributed by atoms with Crippen LogP contribution in [-0.4, -0.2) is 23.2 Å². The molecule has 0 aromatic heterocycles. The van der Waals surface area contributed by atoms with Gasteiger partial charge in [0.15, 0.2) is 5.05 Å². The van der Waals surface area contributed by atoms with Crippen molar-refractivity contribution in [3.05, 3.63) is 0 Å². The van der Waals surface area contributed by atoms with E-state index in [9.17, 15) is 4.79 Å². The third-order valence-electron chi connectivity index (χ3n) is 1.25. The Hall–Kier alpha value is -0.640. The molecule has 0 aliphatic rings. The summed E-state index contributed by atoms with van der Waals surface area (Å²) < 4.78 is 4.42. The van der Waals surface area contributed by atoms with E-state index in [-0.39, 0.29) is 11.0 Å². The number of rotatable bonds is 5. The van der Waals surface area contributed by atoms with E-state index in [1.165, 1.54) is 7.11 Å². The van der Waals surface area contributed by atoms with Crippen LogP contribution in [0.3, 0.4) is 0 Å². The number of carbonyl (C=O) groups excluding carboxylic acids is 1. The van der Waals surface area contributed by atoms with Crippen molar-refractivity contribution in [1.29, 1.82) is 0 Å². The van der Waals surface area contributed by atoms with Crippen molar-refractivity contribution in [3.8, 4) is 0 Å². The van der Waals surface area contributed by atoms with Gasteiger partial charge in [-0.15, -0.1) is 0 Å². The molecule has 11 heavy (non-hydrogen) atoms. The Morgan fingerprint density at radius 1 is 1.45 bits per heavy atom. The Morgan fingerprint density at radius 2 is 2.00 bits per heavy atom. The van der Waals surface area contributed by atoms with Crippen LogP contribution in [0.5, 0.6) is 0 Å². The van der Waals surface area contributed by atoms with Gasteiger partial charge in [0.05, 0.1) is 7.11 Å². The molecule has 3 nitrogen and oxygen atoms in total. The molecule has 0 fully saturated rings. The zero-order valence-electron chi connectivity index (χ0n) is 6.50. The van der Waals surface area contributed by atoms with E-state index in [0.717, 1.165) is 6.42 Å². The summed E-state index contributed by atoms with van der Waals surface area (Å²) in [6.07, 6.45) is 2.35. The van der Waals surface area contributed by atoms with Crippen LogP contribution in [0, 0.1) is 0 Å². The van der Waals surface area contributed by atoms with Crippen LogP contribution in [0.25, 0.3) is 0 Å². The first-order valence-electron chi connectivity index (χ1n) is 3.45. The van der Waals surface area contributed by atoms with Crippen LogP contribution in [0.2, 0.25) is 0 Å². The molecule has 0 saturated carbocycles. The van der Waals surface area contributed by atoms with E-state index in [2.05, 4.69) is 17.0 Å². The molecule has 0 atom stereocenters. The maximum Gasteiger partial charge on any atom is 0.305 e. The molecule has 0 spiro atoms. The molecule has 64 valence electrons. The Morgan fingerprint density at radius 3 is 2.45 bits per heavy atom. The molecule has 0 bridgehead atoms. The van der Waals surface area contributed by atoms with Gasteiger partial charge >= 0.3 is 5.97 Å². The van der Waals surface area contributed by atoms with Gasteiger partial charge in [-0.1, -0.05) is 0 Å². The number of carbonyl (C=O) groups is 1. The van der Waals surface area contributed by atoms with Crippen molar-refractivity contribution in [2.45, 2.75) is 25.7 Å². The van der Waals surface area contributed by atoms with E-state index < -0.39 is 0 Å². The van der Waals surface area contributed by atoms with Crippen molar-refractivity contribution in [1.82, 2.24) is 0 Å². The van der Waals surface area contributed by atoms with Crippen LogP contribution in [-0.2, 0) is 9.53 Å².